The zero-order valence-corrected chi connectivity index (χ0v) is 15.2. The topological polar surface area (TPSA) is 15.3 Å². The number of nitrogens with one attached hydrogen (secondary N) is 1. The second-order valence-electron chi connectivity index (χ2n) is 9.60. The molecule has 0 aromatic carbocycles. The van der Waals surface area contributed by atoms with Gasteiger partial charge in [-0.1, -0.05) is 26.7 Å². The van der Waals surface area contributed by atoms with Crippen molar-refractivity contribution < 1.29 is 0 Å². The van der Waals surface area contributed by atoms with Crippen LogP contribution in [0.15, 0.2) is 0 Å². The Bertz CT molecular complexity index is 321. The molecule has 1 heterocycles. The van der Waals surface area contributed by atoms with Crippen LogP contribution in [0.5, 0.6) is 0 Å². The summed E-state index contributed by atoms with van der Waals surface area (Å²) < 4.78 is 0. The maximum atomic E-state index is 3.80. The van der Waals surface area contributed by atoms with Gasteiger partial charge in [0.2, 0.25) is 0 Å². The van der Waals surface area contributed by atoms with Gasteiger partial charge in [0.15, 0.2) is 0 Å². The fraction of sp³-hybridized carbons (Fsp3) is 1.00. The van der Waals surface area contributed by atoms with Gasteiger partial charge in [-0.3, -0.25) is 0 Å². The summed E-state index contributed by atoms with van der Waals surface area (Å²) in [5.41, 5.74) is 1.35. The molecule has 21 heavy (non-hydrogen) atoms. The van der Waals surface area contributed by atoms with Crippen molar-refractivity contribution in [3.63, 3.8) is 0 Å². The lowest BCUT2D eigenvalue weighted by atomic mass is 9.84. The van der Waals surface area contributed by atoms with E-state index in [1.54, 1.807) is 0 Å². The monoisotopic (exact) mass is 294 g/mol. The van der Waals surface area contributed by atoms with Crippen LogP contribution in [-0.2, 0) is 0 Å². The lowest BCUT2D eigenvalue weighted by Gasteiger charge is -2.38. The van der Waals surface area contributed by atoms with E-state index in [0.29, 0.717) is 10.8 Å². The molecule has 1 saturated carbocycles. The fourth-order valence-electron chi connectivity index (χ4n) is 4.08. The van der Waals surface area contributed by atoms with E-state index in [1.807, 2.05) is 0 Å². The Labute approximate surface area is 133 Å². The number of nitrogens with zero attached hydrogens (tertiary/aromatic N) is 1. The molecule has 0 aromatic rings. The summed E-state index contributed by atoms with van der Waals surface area (Å²) in [6, 6.07) is 0. The molecule has 0 radical (unpaired) electrons. The highest BCUT2D eigenvalue weighted by Crippen LogP contribution is 2.40. The van der Waals surface area contributed by atoms with E-state index in [9.17, 15) is 0 Å². The first-order valence-electron chi connectivity index (χ1n) is 9.17. The van der Waals surface area contributed by atoms with E-state index in [4.69, 9.17) is 0 Å². The first-order chi connectivity index (χ1) is 9.70. The van der Waals surface area contributed by atoms with Gasteiger partial charge in [0.1, 0.15) is 0 Å². The van der Waals surface area contributed by atoms with Gasteiger partial charge in [-0.25, -0.2) is 0 Å². The molecule has 1 N–H and O–H groups in total. The Morgan fingerprint density at radius 1 is 0.905 bits per heavy atom. The summed E-state index contributed by atoms with van der Waals surface area (Å²) in [6.07, 6.45) is 9.88. The summed E-state index contributed by atoms with van der Waals surface area (Å²) in [4.78, 5) is 2.78. The normalized spacial score (nSPS) is 26.7. The molecular formula is C19H38N2. The van der Waals surface area contributed by atoms with Gasteiger partial charge < -0.3 is 10.2 Å². The van der Waals surface area contributed by atoms with Crippen LogP contribution in [-0.4, -0.2) is 36.6 Å². The van der Waals surface area contributed by atoms with Crippen molar-refractivity contribution in [2.45, 2.75) is 85.1 Å². The highest BCUT2D eigenvalue weighted by molar-refractivity contribution is 4.92. The van der Waals surface area contributed by atoms with Crippen molar-refractivity contribution in [3.05, 3.63) is 0 Å². The van der Waals surface area contributed by atoms with Crippen LogP contribution in [0, 0.1) is 10.8 Å². The molecule has 124 valence electrons. The Hall–Kier alpha value is -0.0800. The molecule has 0 bridgehead atoms. The smallest absolute Gasteiger partial charge is 0.00967 e. The van der Waals surface area contributed by atoms with Gasteiger partial charge in [0, 0.05) is 18.6 Å². The first-order valence-corrected chi connectivity index (χ1v) is 9.17. The molecule has 0 amide bonds. The largest absolute Gasteiger partial charge is 0.311 e. The third-order valence-corrected chi connectivity index (χ3v) is 5.65. The van der Waals surface area contributed by atoms with E-state index in [2.05, 4.69) is 44.8 Å². The minimum atomic E-state index is 0.246. The van der Waals surface area contributed by atoms with Crippen LogP contribution >= 0.6 is 0 Å². The van der Waals surface area contributed by atoms with Crippen molar-refractivity contribution >= 4 is 0 Å². The number of hydrogen-bond donors (Lipinski definition) is 1. The second kappa shape index (κ2) is 6.58. The van der Waals surface area contributed by atoms with Crippen LogP contribution in [0.2, 0.25) is 0 Å². The van der Waals surface area contributed by atoms with Crippen LogP contribution < -0.4 is 5.32 Å². The first kappa shape index (κ1) is 17.3. The SMILES string of the molecule is CC1(C)CCCN(CC2(CNC(C)(C)C)CCCC2)CC1. The van der Waals surface area contributed by atoms with E-state index < -0.39 is 0 Å². The summed E-state index contributed by atoms with van der Waals surface area (Å²) in [6.45, 7) is 16.9. The zero-order chi connectivity index (χ0) is 15.6. The van der Waals surface area contributed by atoms with Gasteiger partial charge in [0.05, 0.1) is 0 Å². The minimum Gasteiger partial charge on any atom is -0.311 e. The summed E-state index contributed by atoms with van der Waals surface area (Å²) >= 11 is 0. The summed E-state index contributed by atoms with van der Waals surface area (Å²) in [5.74, 6) is 0. The van der Waals surface area contributed by atoms with Crippen LogP contribution in [0.1, 0.15) is 79.6 Å². The zero-order valence-electron chi connectivity index (χ0n) is 15.2. The van der Waals surface area contributed by atoms with Crippen molar-refractivity contribution in [2.24, 2.45) is 10.8 Å². The molecule has 2 nitrogen and oxygen atoms in total. The third-order valence-electron chi connectivity index (χ3n) is 5.65. The standard InChI is InChI=1S/C19H38N2/c1-17(2,3)20-15-19(10-6-7-11-19)16-21-13-8-9-18(4,5)12-14-21/h20H,6-16H2,1-5H3. The molecule has 2 aliphatic rings. The molecular weight excluding hydrogens is 256 g/mol. The fourth-order valence-corrected chi connectivity index (χ4v) is 4.08. The van der Waals surface area contributed by atoms with Gasteiger partial charge in [-0.15, -0.1) is 0 Å². The van der Waals surface area contributed by atoms with E-state index in [0.717, 1.165) is 0 Å². The van der Waals surface area contributed by atoms with Crippen LogP contribution in [0.25, 0.3) is 0 Å². The summed E-state index contributed by atoms with van der Waals surface area (Å²) in [5, 5.41) is 3.80. The lowest BCUT2D eigenvalue weighted by molar-refractivity contribution is 0.140. The van der Waals surface area contributed by atoms with Crippen molar-refractivity contribution in [2.75, 3.05) is 26.2 Å². The Morgan fingerprint density at radius 2 is 1.57 bits per heavy atom. The van der Waals surface area contributed by atoms with Crippen LogP contribution in [0.4, 0.5) is 0 Å². The van der Waals surface area contributed by atoms with Crippen molar-refractivity contribution in [1.29, 1.82) is 0 Å². The molecule has 2 fully saturated rings. The third kappa shape index (κ3) is 5.56. The molecule has 0 aromatic heterocycles. The van der Waals surface area contributed by atoms with Crippen molar-refractivity contribution in [1.82, 2.24) is 10.2 Å². The maximum Gasteiger partial charge on any atom is 0.00967 e. The number of likely N-dealkylation sites (tertiary alicyclic amines) is 1. The maximum absolute atomic E-state index is 3.80. The number of rotatable bonds is 4. The van der Waals surface area contributed by atoms with E-state index in [-0.39, 0.29) is 5.54 Å². The quantitative estimate of drug-likeness (QED) is 0.824. The van der Waals surface area contributed by atoms with Gasteiger partial charge in [-0.05, 0) is 76.8 Å². The molecule has 1 aliphatic heterocycles. The molecule has 1 saturated heterocycles. The Morgan fingerprint density at radius 3 is 2.19 bits per heavy atom. The minimum absolute atomic E-state index is 0.246. The van der Waals surface area contributed by atoms with E-state index in [1.165, 1.54) is 71.1 Å². The Balaban J connectivity index is 1.93. The lowest BCUT2D eigenvalue weighted by Crippen LogP contribution is -2.48. The molecule has 2 heteroatoms. The number of hydrogen-bond acceptors (Lipinski definition) is 2. The van der Waals surface area contributed by atoms with Crippen molar-refractivity contribution in [3.8, 4) is 0 Å². The van der Waals surface area contributed by atoms with E-state index >= 15 is 0 Å². The van der Waals surface area contributed by atoms with Gasteiger partial charge >= 0.3 is 0 Å². The average molecular weight is 295 g/mol. The Kier molecular flexibility index (Phi) is 5.41. The predicted molar refractivity (Wildman–Crippen MR) is 92.7 cm³/mol. The molecule has 2 rings (SSSR count). The highest BCUT2D eigenvalue weighted by Gasteiger charge is 2.37. The molecule has 0 spiro atoms. The molecule has 0 atom stereocenters. The van der Waals surface area contributed by atoms with Gasteiger partial charge in [0.25, 0.3) is 0 Å². The average Bonchev–Trinajstić information content (AvgIpc) is 2.75. The summed E-state index contributed by atoms with van der Waals surface area (Å²) in [7, 11) is 0. The predicted octanol–water partition coefficient (Wildman–Crippen LogP) is 4.45. The van der Waals surface area contributed by atoms with Gasteiger partial charge in [-0.2, -0.15) is 0 Å². The second-order valence-corrected chi connectivity index (χ2v) is 9.60. The highest BCUT2D eigenvalue weighted by atomic mass is 15.1. The molecule has 1 aliphatic carbocycles. The van der Waals surface area contributed by atoms with Crippen LogP contribution in [0.3, 0.4) is 0 Å². The molecule has 0 unspecified atom stereocenters.